The van der Waals surface area contributed by atoms with Crippen molar-refractivity contribution in [3.05, 3.63) is 29.8 Å². The highest BCUT2D eigenvalue weighted by molar-refractivity contribution is 5.97. The number of piperidine rings is 1. The molecular formula is C16H22N2O3. The van der Waals surface area contributed by atoms with Crippen LogP contribution in [0.1, 0.15) is 30.1 Å². The maximum atomic E-state index is 12.2. The van der Waals surface area contributed by atoms with E-state index >= 15 is 0 Å². The Bertz CT molecular complexity index is 505. The minimum absolute atomic E-state index is 0.0477. The number of benzene rings is 1. The average Bonchev–Trinajstić information content (AvgIpc) is 2.47. The molecule has 1 N–H and O–H groups in total. The van der Waals surface area contributed by atoms with Crippen molar-refractivity contribution < 1.29 is 14.7 Å². The molecule has 0 saturated carbocycles. The van der Waals surface area contributed by atoms with Gasteiger partial charge in [0, 0.05) is 31.6 Å². The monoisotopic (exact) mass is 290 g/mol. The van der Waals surface area contributed by atoms with Crippen LogP contribution in [0, 0.1) is 0 Å². The molecule has 0 radical (unpaired) electrons. The summed E-state index contributed by atoms with van der Waals surface area (Å²) in [5.74, 6) is 0.333. The second kappa shape index (κ2) is 6.72. The fourth-order valence-corrected chi connectivity index (χ4v) is 2.72. The summed E-state index contributed by atoms with van der Waals surface area (Å²) in [5.41, 5.74) is 0.612. The highest BCUT2D eigenvalue weighted by Gasteiger charge is 2.24. The van der Waals surface area contributed by atoms with E-state index in [1.54, 1.807) is 19.1 Å². The number of phenolic OH excluding ortho intramolecular Hbond substituents is 1. The Hall–Kier alpha value is -1.88. The Balaban J connectivity index is 1.87. The smallest absolute Gasteiger partial charge is 0.219 e. The number of hydrogen-bond donors (Lipinski definition) is 1. The Labute approximate surface area is 125 Å². The molecule has 0 aromatic heterocycles. The summed E-state index contributed by atoms with van der Waals surface area (Å²) in [6, 6.07) is 6.67. The number of carbonyl (C=O) groups excluding carboxylic acids is 2. The summed E-state index contributed by atoms with van der Waals surface area (Å²) >= 11 is 0. The summed E-state index contributed by atoms with van der Waals surface area (Å²) in [6.07, 6.45) is 1.80. The van der Waals surface area contributed by atoms with Crippen molar-refractivity contribution >= 4 is 11.7 Å². The molecule has 1 fully saturated rings. The fourth-order valence-electron chi connectivity index (χ4n) is 2.72. The van der Waals surface area contributed by atoms with E-state index in [0.717, 1.165) is 25.9 Å². The molecular weight excluding hydrogens is 268 g/mol. The third-order valence-electron chi connectivity index (χ3n) is 4.12. The third kappa shape index (κ3) is 4.04. The first-order valence-electron chi connectivity index (χ1n) is 7.25. The molecule has 21 heavy (non-hydrogen) atoms. The molecule has 1 aromatic carbocycles. The molecule has 2 rings (SSSR count). The molecule has 1 aliphatic rings. The average molecular weight is 290 g/mol. The number of likely N-dealkylation sites (tertiary alicyclic amines) is 1. The van der Waals surface area contributed by atoms with Crippen molar-refractivity contribution in [2.75, 3.05) is 26.7 Å². The predicted octanol–water partition coefficient (Wildman–Crippen LogP) is 1.52. The minimum Gasteiger partial charge on any atom is -0.508 e. The lowest BCUT2D eigenvalue weighted by molar-refractivity contribution is -0.130. The van der Waals surface area contributed by atoms with E-state index in [1.165, 1.54) is 12.1 Å². The lowest BCUT2D eigenvalue weighted by Crippen LogP contribution is -2.46. The van der Waals surface area contributed by atoms with Crippen LogP contribution in [-0.4, -0.2) is 59.3 Å². The quantitative estimate of drug-likeness (QED) is 0.854. The molecule has 0 aliphatic carbocycles. The minimum atomic E-state index is 0.0477. The number of rotatable bonds is 4. The summed E-state index contributed by atoms with van der Waals surface area (Å²) in [6.45, 7) is 3.48. The number of likely N-dealkylation sites (N-methyl/N-ethyl adjacent to an activating group) is 1. The maximum Gasteiger partial charge on any atom is 0.219 e. The highest BCUT2D eigenvalue weighted by atomic mass is 16.3. The van der Waals surface area contributed by atoms with Gasteiger partial charge in [-0.05, 0) is 44.2 Å². The SMILES string of the molecule is CC(=O)N1CCC(N(C)CC(=O)c2ccc(O)cc2)CC1. The Kier molecular flexibility index (Phi) is 4.96. The lowest BCUT2D eigenvalue weighted by Gasteiger charge is -2.36. The number of hydrogen-bond acceptors (Lipinski definition) is 4. The van der Waals surface area contributed by atoms with Gasteiger partial charge >= 0.3 is 0 Å². The van der Waals surface area contributed by atoms with Gasteiger partial charge in [0.05, 0.1) is 6.54 Å². The summed E-state index contributed by atoms with van der Waals surface area (Å²) in [7, 11) is 1.95. The number of amides is 1. The zero-order valence-corrected chi connectivity index (χ0v) is 12.6. The molecule has 0 spiro atoms. The molecule has 1 aliphatic heterocycles. The third-order valence-corrected chi connectivity index (χ3v) is 4.12. The van der Waals surface area contributed by atoms with E-state index in [9.17, 15) is 14.7 Å². The van der Waals surface area contributed by atoms with Gasteiger partial charge in [0.1, 0.15) is 5.75 Å². The molecule has 5 nitrogen and oxygen atoms in total. The standard InChI is InChI=1S/C16H22N2O3/c1-12(19)18-9-7-14(8-10-18)17(2)11-16(21)13-3-5-15(20)6-4-13/h3-6,14,20H,7-11H2,1-2H3. The Morgan fingerprint density at radius 3 is 2.33 bits per heavy atom. The first-order chi connectivity index (χ1) is 9.97. The molecule has 1 heterocycles. The van der Waals surface area contributed by atoms with E-state index < -0.39 is 0 Å². The van der Waals surface area contributed by atoms with Gasteiger partial charge in [0.15, 0.2) is 5.78 Å². The molecule has 0 bridgehead atoms. The number of ketones is 1. The zero-order valence-electron chi connectivity index (χ0n) is 12.6. The second-order valence-electron chi connectivity index (χ2n) is 5.62. The molecule has 114 valence electrons. The summed E-state index contributed by atoms with van der Waals surface area (Å²) in [4.78, 5) is 27.4. The number of Topliss-reactive ketones (excluding diaryl/α,β-unsaturated/α-hetero) is 1. The van der Waals surface area contributed by atoms with E-state index in [2.05, 4.69) is 4.90 Å². The van der Waals surface area contributed by atoms with Gasteiger partial charge in [-0.25, -0.2) is 0 Å². The van der Waals surface area contributed by atoms with Crippen LogP contribution >= 0.6 is 0 Å². The first-order valence-corrected chi connectivity index (χ1v) is 7.25. The molecule has 1 amide bonds. The van der Waals surface area contributed by atoms with Crippen molar-refractivity contribution in [1.82, 2.24) is 9.80 Å². The first kappa shape index (κ1) is 15.5. The van der Waals surface area contributed by atoms with Crippen molar-refractivity contribution in [2.24, 2.45) is 0 Å². The van der Waals surface area contributed by atoms with Gasteiger partial charge in [-0.1, -0.05) is 0 Å². The van der Waals surface area contributed by atoms with E-state index in [4.69, 9.17) is 0 Å². The van der Waals surface area contributed by atoms with Crippen molar-refractivity contribution in [1.29, 1.82) is 0 Å². The summed E-state index contributed by atoms with van der Waals surface area (Å²) < 4.78 is 0. The van der Waals surface area contributed by atoms with Crippen LogP contribution in [0.4, 0.5) is 0 Å². The van der Waals surface area contributed by atoms with E-state index in [-0.39, 0.29) is 17.4 Å². The van der Waals surface area contributed by atoms with Gasteiger partial charge in [0.2, 0.25) is 5.91 Å². The Morgan fingerprint density at radius 2 is 1.81 bits per heavy atom. The highest BCUT2D eigenvalue weighted by Crippen LogP contribution is 2.16. The number of aromatic hydroxyl groups is 1. The largest absolute Gasteiger partial charge is 0.508 e. The van der Waals surface area contributed by atoms with Gasteiger partial charge in [-0.15, -0.1) is 0 Å². The molecule has 1 aromatic rings. The van der Waals surface area contributed by atoms with Gasteiger partial charge in [-0.3, -0.25) is 14.5 Å². The van der Waals surface area contributed by atoms with Crippen molar-refractivity contribution in [2.45, 2.75) is 25.8 Å². The number of carbonyl (C=O) groups is 2. The number of phenols is 1. The Morgan fingerprint density at radius 1 is 1.24 bits per heavy atom. The maximum absolute atomic E-state index is 12.2. The van der Waals surface area contributed by atoms with E-state index in [0.29, 0.717) is 18.2 Å². The van der Waals surface area contributed by atoms with Crippen LogP contribution in [0.15, 0.2) is 24.3 Å². The van der Waals surface area contributed by atoms with Crippen molar-refractivity contribution in [3.8, 4) is 5.75 Å². The molecule has 0 atom stereocenters. The van der Waals surface area contributed by atoms with Crippen LogP contribution in [0.25, 0.3) is 0 Å². The molecule has 1 saturated heterocycles. The van der Waals surface area contributed by atoms with Crippen LogP contribution in [0.5, 0.6) is 5.75 Å². The lowest BCUT2D eigenvalue weighted by atomic mass is 10.0. The van der Waals surface area contributed by atoms with E-state index in [1.807, 2.05) is 11.9 Å². The number of nitrogens with zero attached hydrogens (tertiary/aromatic N) is 2. The van der Waals surface area contributed by atoms with Gasteiger partial charge in [0.25, 0.3) is 0 Å². The predicted molar refractivity (Wildman–Crippen MR) is 80.3 cm³/mol. The van der Waals surface area contributed by atoms with Crippen LogP contribution in [0.2, 0.25) is 0 Å². The van der Waals surface area contributed by atoms with Gasteiger partial charge in [-0.2, -0.15) is 0 Å². The zero-order chi connectivity index (χ0) is 15.4. The van der Waals surface area contributed by atoms with Crippen LogP contribution in [0.3, 0.4) is 0 Å². The second-order valence-corrected chi connectivity index (χ2v) is 5.62. The molecule has 5 heteroatoms. The summed E-state index contributed by atoms with van der Waals surface area (Å²) in [5, 5.41) is 9.24. The normalized spacial score (nSPS) is 16.2. The fraction of sp³-hybridized carbons (Fsp3) is 0.500. The van der Waals surface area contributed by atoms with Crippen LogP contribution in [-0.2, 0) is 4.79 Å². The van der Waals surface area contributed by atoms with Crippen molar-refractivity contribution in [3.63, 3.8) is 0 Å². The van der Waals surface area contributed by atoms with Crippen LogP contribution < -0.4 is 0 Å². The topological polar surface area (TPSA) is 60.9 Å². The molecule has 0 unspecified atom stereocenters. The van der Waals surface area contributed by atoms with Gasteiger partial charge < -0.3 is 10.0 Å².